The van der Waals surface area contributed by atoms with Gasteiger partial charge in [-0.1, -0.05) is 12.1 Å². The molecule has 1 fully saturated rings. The highest BCUT2D eigenvalue weighted by Gasteiger charge is 2.33. The first-order chi connectivity index (χ1) is 12.0. The van der Waals surface area contributed by atoms with Gasteiger partial charge in [0.15, 0.2) is 11.5 Å². The van der Waals surface area contributed by atoms with E-state index in [1.54, 1.807) is 11.0 Å². The van der Waals surface area contributed by atoms with E-state index in [1.165, 1.54) is 0 Å². The van der Waals surface area contributed by atoms with E-state index in [0.717, 1.165) is 12.8 Å². The van der Waals surface area contributed by atoms with Crippen molar-refractivity contribution in [3.8, 4) is 11.5 Å². The van der Waals surface area contributed by atoms with Crippen molar-refractivity contribution in [2.75, 3.05) is 19.7 Å². The Hall–Kier alpha value is -2.28. The van der Waals surface area contributed by atoms with E-state index in [9.17, 15) is 9.59 Å². The zero-order valence-corrected chi connectivity index (χ0v) is 14.4. The van der Waals surface area contributed by atoms with Gasteiger partial charge in [0.05, 0.1) is 0 Å². The van der Waals surface area contributed by atoms with Crippen molar-refractivity contribution >= 4 is 11.8 Å². The van der Waals surface area contributed by atoms with Gasteiger partial charge in [0, 0.05) is 31.6 Å². The van der Waals surface area contributed by atoms with Crippen LogP contribution in [0.4, 0.5) is 0 Å². The molecule has 2 atom stereocenters. The van der Waals surface area contributed by atoms with Gasteiger partial charge in [-0.3, -0.25) is 9.59 Å². The lowest BCUT2D eigenvalue weighted by atomic mass is 10.0. The minimum Gasteiger partial charge on any atom is -0.485 e. The number of para-hydroxylation sites is 2. The molecule has 0 spiro atoms. The molecule has 3 rings (SSSR count). The summed E-state index contributed by atoms with van der Waals surface area (Å²) in [6.45, 7) is 3.24. The van der Waals surface area contributed by atoms with E-state index in [-0.39, 0.29) is 30.5 Å². The Kier molecular flexibility index (Phi) is 5.43. The Morgan fingerprint density at radius 3 is 2.64 bits per heavy atom. The Labute approximate surface area is 147 Å². The van der Waals surface area contributed by atoms with Crippen molar-refractivity contribution in [2.24, 2.45) is 5.73 Å². The number of ether oxygens (including phenoxy) is 2. The van der Waals surface area contributed by atoms with Crippen LogP contribution < -0.4 is 20.5 Å². The van der Waals surface area contributed by atoms with Crippen LogP contribution in [0.3, 0.4) is 0 Å². The highest BCUT2D eigenvalue weighted by Crippen LogP contribution is 2.31. The number of nitrogens with zero attached hydrogens (tertiary/aromatic N) is 1. The number of hydrogen-bond donors (Lipinski definition) is 2. The first-order valence-electron chi connectivity index (χ1n) is 8.75. The average molecular weight is 347 g/mol. The molecule has 7 nitrogen and oxygen atoms in total. The minimum absolute atomic E-state index is 0.0274. The summed E-state index contributed by atoms with van der Waals surface area (Å²) in [6.07, 6.45) is 1.19. The van der Waals surface area contributed by atoms with E-state index in [4.69, 9.17) is 15.2 Å². The number of carbonyl (C=O) groups is 2. The lowest BCUT2D eigenvalue weighted by Gasteiger charge is -2.35. The third kappa shape index (κ3) is 4.42. The molecule has 1 aromatic rings. The quantitative estimate of drug-likeness (QED) is 0.835. The molecule has 1 aromatic carbocycles. The van der Waals surface area contributed by atoms with Gasteiger partial charge in [0.25, 0.3) is 5.91 Å². The molecule has 0 radical (unpaired) electrons. The number of carbonyl (C=O) groups excluding carboxylic acids is 2. The highest BCUT2D eigenvalue weighted by molar-refractivity contribution is 5.82. The van der Waals surface area contributed by atoms with Crippen LogP contribution >= 0.6 is 0 Å². The normalized spacial score (nSPS) is 21.5. The van der Waals surface area contributed by atoms with Crippen molar-refractivity contribution in [1.29, 1.82) is 0 Å². The maximum atomic E-state index is 12.7. The molecule has 2 unspecified atom stereocenters. The van der Waals surface area contributed by atoms with Crippen molar-refractivity contribution in [3.63, 3.8) is 0 Å². The van der Waals surface area contributed by atoms with Crippen LogP contribution in [-0.4, -0.2) is 54.6 Å². The van der Waals surface area contributed by atoms with E-state index < -0.39 is 6.10 Å². The van der Waals surface area contributed by atoms with Crippen molar-refractivity contribution in [1.82, 2.24) is 10.2 Å². The summed E-state index contributed by atoms with van der Waals surface area (Å²) in [6, 6.07) is 7.30. The molecule has 2 aliphatic heterocycles. The fraction of sp³-hybridized carbons (Fsp3) is 0.556. The molecule has 0 aromatic heterocycles. The lowest BCUT2D eigenvalue weighted by Crippen LogP contribution is -2.52. The lowest BCUT2D eigenvalue weighted by molar-refractivity contribution is -0.142. The molecule has 0 bridgehead atoms. The van der Waals surface area contributed by atoms with E-state index >= 15 is 0 Å². The van der Waals surface area contributed by atoms with E-state index in [0.29, 0.717) is 31.0 Å². The molecular formula is C18H25N3O4. The summed E-state index contributed by atoms with van der Waals surface area (Å²) in [5, 5.41) is 2.99. The topological polar surface area (TPSA) is 93.9 Å². The Balaban J connectivity index is 1.48. The van der Waals surface area contributed by atoms with E-state index in [1.807, 2.05) is 25.1 Å². The molecule has 0 aliphatic carbocycles. The summed E-state index contributed by atoms with van der Waals surface area (Å²) in [5.41, 5.74) is 5.64. The zero-order chi connectivity index (χ0) is 17.8. The second kappa shape index (κ2) is 7.74. The Morgan fingerprint density at radius 2 is 1.96 bits per heavy atom. The number of nitrogens with two attached hydrogens (primary N) is 1. The fourth-order valence-electron chi connectivity index (χ4n) is 3.17. The van der Waals surface area contributed by atoms with Crippen molar-refractivity contribution in [2.45, 2.75) is 44.4 Å². The maximum absolute atomic E-state index is 12.7. The number of benzene rings is 1. The standard InChI is InChI=1S/C18H25N3O4/c1-12(19)10-17(22)20-13-6-8-21(9-7-13)18(23)16-11-24-14-4-2-3-5-15(14)25-16/h2-5,12-13,16H,6-11,19H2,1H3,(H,20,22). The van der Waals surface area contributed by atoms with Gasteiger partial charge in [-0.25, -0.2) is 0 Å². The molecule has 7 heteroatoms. The third-order valence-corrected chi connectivity index (χ3v) is 4.46. The Morgan fingerprint density at radius 1 is 1.28 bits per heavy atom. The third-order valence-electron chi connectivity index (χ3n) is 4.46. The average Bonchev–Trinajstić information content (AvgIpc) is 2.60. The van der Waals surface area contributed by atoms with Crippen LogP contribution in [0.15, 0.2) is 24.3 Å². The van der Waals surface area contributed by atoms with Gasteiger partial charge in [-0.15, -0.1) is 0 Å². The number of rotatable bonds is 4. The molecule has 2 heterocycles. The van der Waals surface area contributed by atoms with Crippen LogP contribution in [0.1, 0.15) is 26.2 Å². The summed E-state index contributed by atoms with van der Waals surface area (Å²) >= 11 is 0. The van der Waals surface area contributed by atoms with Gasteiger partial charge in [-0.2, -0.15) is 0 Å². The smallest absolute Gasteiger partial charge is 0.267 e. The molecule has 0 saturated carbocycles. The largest absolute Gasteiger partial charge is 0.485 e. The summed E-state index contributed by atoms with van der Waals surface area (Å²) in [7, 11) is 0. The van der Waals surface area contributed by atoms with Gasteiger partial charge >= 0.3 is 0 Å². The van der Waals surface area contributed by atoms with Gasteiger partial charge < -0.3 is 25.4 Å². The number of likely N-dealkylation sites (tertiary alicyclic amines) is 1. The molecule has 2 aliphatic rings. The monoisotopic (exact) mass is 347 g/mol. The first kappa shape index (κ1) is 17.5. The molecule has 136 valence electrons. The van der Waals surface area contributed by atoms with Crippen molar-refractivity contribution in [3.05, 3.63) is 24.3 Å². The summed E-state index contributed by atoms with van der Waals surface area (Å²) in [5.74, 6) is 1.18. The molecular weight excluding hydrogens is 322 g/mol. The van der Waals surface area contributed by atoms with Gasteiger partial charge in [-0.05, 0) is 31.9 Å². The van der Waals surface area contributed by atoms with Gasteiger partial charge in [0.1, 0.15) is 6.61 Å². The second-order valence-corrected chi connectivity index (χ2v) is 6.71. The van der Waals surface area contributed by atoms with Crippen LogP contribution in [0.2, 0.25) is 0 Å². The second-order valence-electron chi connectivity index (χ2n) is 6.71. The number of nitrogens with one attached hydrogen (secondary N) is 1. The first-order valence-corrected chi connectivity index (χ1v) is 8.75. The predicted molar refractivity (Wildman–Crippen MR) is 92.4 cm³/mol. The number of piperidine rings is 1. The predicted octanol–water partition coefficient (Wildman–Crippen LogP) is 0.671. The molecule has 3 N–H and O–H groups in total. The number of fused-ring (bicyclic) bond motifs is 1. The van der Waals surface area contributed by atoms with Crippen LogP contribution in [0, 0.1) is 0 Å². The minimum atomic E-state index is -0.612. The number of hydrogen-bond acceptors (Lipinski definition) is 5. The van der Waals surface area contributed by atoms with Crippen LogP contribution in [-0.2, 0) is 9.59 Å². The van der Waals surface area contributed by atoms with Crippen molar-refractivity contribution < 1.29 is 19.1 Å². The van der Waals surface area contributed by atoms with Gasteiger partial charge in [0.2, 0.25) is 12.0 Å². The van der Waals surface area contributed by atoms with Crippen LogP contribution in [0.5, 0.6) is 11.5 Å². The molecule has 2 amide bonds. The van der Waals surface area contributed by atoms with E-state index in [2.05, 4.69) is 5.32 Å². The molecule has 25 heavy (non-hydrogen) atoms. The van der Waals surface area contributed by atoms with Crippen LogP contribution in [0.25, 0.3) is 0 Å². The summed E-state index contributed by atoms with van der Waals surface area (Å²) < 4.78 is 11.4. The Bertz CT molecular complexity index is 627. The summed E-state index contributed by atoms with van der Waals surface area (Å²) in [4.78, 5) is 26.2. The fourth-order valence-corrected chi connectivity index (χ4v) is 3.17. The molecule has 1 saturated heterocycles. The maximum Gasteiger partial charge on any atom is 0.267 e. The number of amides is 2. The highest BCUT2D eigenvalue weighted by atomic mass is 16.6. The SMILES string of the molecule is CC(N)CC(=O)NC1CCN(C(=O)C2COc3ccccc3O2)CC1. The zero-order valence-electron chi connectivity index (χ0n) is 14.4.